The van der Waals surface area contributed by atoms with E-state index in [-0.39, 0.29) is 29.0 Å². The van der Waals surface area contributed by atoms with Crippen LogP contribution in [0.25, 0.3) is 16.7 Å². The molecule has 0 saturated heterocycles. The lowest BCUT2D eigenvalue weighted by Gasteiger charge is -2.19. The minimum Gasteiger partial charge on any atom is -0.497 e. The Labute approximate surface area is 221 Å². The number of benzene rings is 2. The smallest absolute Gasteiger partial charge is 0.337 e. The quantitative estimate of drug-likeness (QED) is 0.332. The normalized spacial score (nSPS) is 11.1. The number of nitrogens with zero attached hydrogens (tertiary/aromatic N) is 4. The average Bonchev–Trinajstić information content (AvgIpc) is 2.91. The number of hydrogen-bond donors (Lipinski definition) is 0. The molecule has 0 atom stereocenters. The predicted molar refractivity (Wildman–Crippen MR) is 145 cm³/mol. The maximum atomic E-state index is 15.3. The minimum absolute atomic E-state index is 0.0616. The van der Waals surface area contributed by atoms with E-state index in [0.29, 0.717) is 22.6 Å². The summed E-state index contributed by atoms with van der Waals surface area (Å²) in [5, 5.41) is -0.0616. The van der Waals surface area contributed by atoms with Crippen molar-refractivity contribution in [2.75, 3.05) is 7.11 Å². The summed E-state index contributed by atoms with van der Waals surface area (Å²) in [5.74, 6) is 0.183. The number of pyridine rings is 2. The van der Waals surface area contributed by atoms with E-state index in [1.165, 1.54) is 38.6 Å². The molecule has 198 valence electrons. The van der Waals surface area contributed by atoms with Crippen molar-refractivity contribution < 1.29 is 13.9 Å². The Morgan fingerprint density at radius 3 is 2.36 bits per heavy atom. The van der Waals surface area contributed by atoms with E-state index in [1.807, 2.05) is 0 Å². The number of aryl methyl sites for hydroxylation is 3. The fraction of sp³-hybridized carbons (Fsp3) is 0.172. The van der Waals surface area contributed by atoms with E-state index >= 15 is 4.39 Å². The van der Waals surface area contributed by atoms with Crippen molar-refractivity contribution in [3.8, 4) is 22.9 Å². The molecule has 0 aliphatic carbocycles. The number of fused-ring (bicyclic) bond motifs is 1. The highest BCUT2D eigenvalue weighted by Gasteiger charge is 2.24. The third kappa shape index (κ3) is 4.61. The van der Waals surface area contributed by atoms with Gasteiger partial charge >= 0.3 is 5.69 Å². The van der Waals surface area contributed by atoms with E-state index in [1.54, 1.807) is 56.4 Å². The van der Waals surface area contributed by atoms with E-state index < -0.39 is 22.6 Å². The molecule has 0 aliphatic rings. The summed E-state index contributed by atoms with van der Waals surface area (Å²) in [4.78, 5) is 45.0. The molecule has 2 aromatic carbocycles. The monoisotopic (exact) mass is 528 g/mol. The van der Waals surface area contributed by atoms with Crippen LogP contribution in [0.1, 0.15) is 16.7 Å². The van der Waals surface area contributed by atoms with Gasteiger partial charge in [-0.1, -0.05) is 18.2 Å². The van der Waals surface area contributed by atoms with Crippen molar-refractivity contribution in [3.63, 3.8) is 0 Å². The van der Waals surface area contributed by atoms with Crippen LogP contribution in [-0.4, -0.2) is 25.8 Å². The Morgan fingerprint density at radius 2 is 1.69 bits per heavy atom. The van der Waals surface area contributed by atoms with Crippen LogP contribution in [0, 0.1) is 19.7 Å². The topological polar surface area (TPSA) is 97.3 Å². The Morgan fingerprint density at radius 1 is 0.949 bits per heavy atom. The van der Waals surface area contributed by atoms with Crippen LogP contribution >= 0.6 is 0 Å². The van der Waals surface area contributed by atoms with Crippen LogP contribution in [0.4, 0.5) is 4.39 Å². The lowest BCUT2D eigenvalue weighted by molar-refractivity contribution is 0.414. The number of ether oxygens (including phenoxy) is 2. The molecule has 0 aliphatic heterocycles. The van der Waals surface area contributed by atoms with Gasteiger partial charge < -0.3 is 9.47 Å². The molecule has 3 heterocycles. The number of hydrogen-bond acceptors (Lipinski definition) is 6. The lowest BCUT2D eigenvalue weighted by Crippen LogP contribution is -2.42. The van der Waals surface area contributed by atoms with Crippen molar-refractivity contribution in [1.82, 2.24) is 18.7 Å². The van der Waals surface area contributed by atoms with Gasteiger partial charge in [0.25, 0.3) is 11.1 Å². The zero-order valence-corrected chi connectivity index (χ0v) is 21.8. The van der Waals surface area contributed by atoms with Crippen LogP contribution in [0.5, 0.6) is 17.2 Å². The van der Waals surface area contributed by atoms with Crippen molar-refractivity contribution in [2.45, 2.75) is 20.4 Å². The second-order valence-corrected chi connectivity index (χ2v) is 9.16. The third-order valence-electron chi connectivity index (χ3n) is 6.52. The van der Waals surface area contributed by atoms with E-state index in [2.05, 4.69) is 4.98 Å². The first-order valence-corrected chi connectivity index (χ1v) is 12.1. The molecular formula is C29H25FN4O5. The summed E-state index contributed by atoms with van der Waals surface area (Å²) in [6.07, 6.45) is 3.05. The molecule has 10 heteroatoms. The second-order valence-electron chi connectivity index (χ2n) is 9.16. The Balaban J connectivity index is 1.88. The standard InChI is InChI=1S/C29H25FN4O5/c1-17-5-10-22(21(30)13-17)34-27-26(23(14-25(35)32(27)3)39-24-15-31-12-11-18(24)2)28(36)33(29(34)37)16-19-6-8-20(38-4)9-7-19/h5-15H,16H2,1-4H3. The maximum absolute atomic E-state index is 15.3. The predicted octanol–water partition coefficient (Wildman–Crippen LogP) is 3.85. The van der Waals surface area contributed by atoms with Gasteiger partial charge in [-0.3, -0.25) is 23.7 Å². The molecule has 0 N–H and O–H groups in total. The van der Waals surface area contributed by atoms with Crippen molar-refractivity contribution >= 4 is 11.0 Å². The van der Waals surface area contributed by atoms with Gasteiger partial charge in [-0.25, -0.2) is 13.8 Å². The largest absolute Gasteiger partial charge is 0.497 e. The summed E-state index contributed by atoms with van der Waals surface area (Å²) in [7, 11) is 2.95. The zero-order chi connectivity index (χ0) is 27.8. The number of methoxy groups -OCH3 is 1. The number of aromatic nitrogens is 4. The molecule has 5 aromatic rings. The van der Waals surface area contributed by atoms with Gasteiger partial charge in [0.2, 0.25) is 0 Å². The highest BCUT2D eigenvalue weighted by molar-refractivity contribution is 5.83. The SMILES string of the molecule is COc1ccc(Cn2c(=O)c3c(Oc4cnccc4C)cc(=O)n(C)c3n(-c3ccc(C)cc3F)c2=O)cc1. The number of halogens is 1. The van der Waals surface area contributed by atoms with Gasteiger partial charge in [0.1, 0.15) is 34.1 Å². The molecular weight excluding hydrogens is 503 g/mol. The summed E-state index contributed by atoms with van der Waals surface area (Å²) in [6.45, 7) is 3.40. The van der Waals surface area contributed by atoms with Crippen LogP contribution < -0.4 is 26.3 Å². The molecule has 39 heavy (non-hydrogen) atoms. The van der Waals surface area contributed by atoms with Crippen molar-refractivity contribution in [2.24, 2.45) is 7.05 Å². The minimum atomic E-state index is -0.809. The molecule has 0 bridgehead atoms. The molecule has 0 saturated carbocycles. The number of rotatable bonds is 6. The molecule has 0 amide bonds. The van der Waals surface area contributed by atoms with E-state index in [9.17, 15) is 14.4 Å². The fourth-order valence-electron chi connectivity index (χ4n) is 4.38. The summed E-state index contributed by atoms with van der Waals surface area (Å²) >= 11 is 0. The molecule has 5 rings (SSSR count). The Bertz CT molecular complexity index is 1910. The molecule has 0 unspecified atom stereocenters. The van der Waals surface area contributed by atoms with Gasteiger partial charge in [-0.2, -0.15) is 0 Å². The van der Waals surface area contributed by atoms with Crippen LogP contribution in [0.2, 0.25) is 0 Å². The zero-order valence-electron chi connectivity index (χ0n) is 21.8. The highest BCUT2D eigenvalue weighted by atomic mass is 19.1. The van der Waals surface area contributed by atoms with Crippen LogP contribution in [0.15, 0.2) is 81.4 Å². The molecule has 0 spiro atoms. The van der Waals surface area contributed by atoms with Gasteiger partial charge in [0.15, 0.2) is 0 Å². The first kappa shape index (κ1) is 25.7. The van der Waals surface area contributed by atoms with Gasteiger partial charge in [-0.05, 0) is 60.9 Å². The maximum Gasteiger partial charge on any atom is 0.337 e. The van der Waals surface area contributed by atoms with Crippen molar-refractivity contribution in [1.29, 1.82) is 0 Å². The Kier molecular flexibility index (Phi) is 6.61. The second kappa shape index (κ2) is 10.1. The van der Waals surface area contributed by atoms with Gasteiger partial charge in [0.05, 0.1) is 25.5 Å². The first-order chi connectivity index (χ1) is 18.7. The highest BCUT2D eigenvalue weighted by Crippen LogP contribution is 2.29. The summed E-state index contributed by atoms with van der Waals surface area (Å²) in [5.41, 5.74) is -0.253. The van der Waals surface area contributed by atoms with Gasteiger partial charge in [-0.15, -0.1) is 0 Å². The first-order valence-electron chi connectivity index (χ1n) is 12.1. The van der Waals surface area contributed by atoms with Crippen molar-refractivity contribution in [3.05, 3.63) is 121 Å². The molecule has 0 radical (unpaired) electrons. The molecule has 0 fully saturated rings. The Hall–Kier alpha value is -4.99. The lowest BCUT2D eigenvalue weighted by atomic mass is 10.2. The summed E-state index contributed by atoms with van der Waals surface area (Å²) < 4.78 is 29.7. The molecule has 3 aromatic heterocycles. The summed E-state index contributed by atoms with van der Waals surface area (Å²) in [6, 6.07) is 14.1. The van der Waals surface area contributed by atoms with Crippen LogP contribution in [-0.2, 0) is 13.6 Å². The fourth-order valence-corrected chi connectivity index (χ4v) is 4.38. The van der Waals surface area contributed by atoms with Gasteiger partial charge in [0, 0.05) is 19.3 Å². The molecule has 9 nitrogen and oxygen atoms in total. The average molecular weight is 529 g/mol. The van der Waals surface area contributed by atoms with E-state index in [4.69, 9.17) is 9.47 Å². The van der Waals surface area contributed by atoms with E-state index in [0.717, 1.165) is 19.3 Å². The third-order valence-corrected chi connectivity index (χ3v) is 6.52. The van der Waals surface area contributed by atoms with Crippen LogP contribution in [0.3, 0.4) is 0 Å².